The van der Waals surface area contributed by atoms with E-state index < -0.39 is 24.3 Å². The van der Waals surface area contributed by atoms with Gasteiger partial charge in [0.1, 0.15) is 24.7 Å². The van der Waals surface area contributed by atoms with Gasteiger partial charge in [0, 0.05) is 72.0 Å². The number of alkyl carbamates (subject to hydrolysis) is 2. The van der Waals surface area contributed by atoms with Crippen molar-refractivity contribution in [1.29, 1.82) is 0 Å². The lowest BCUT2D eigenvalue weighted by Crippen LogP contribution is -2.52. The van der Waals surface area contributed by atoms with Crippen LogP contribution in [0.25, 0.3) is 27.8 Å². The summed E-state index contributed by atoms with van der Waals surface area (Å²) in [6.45, 7) is 13.1. The molecule has 0 radical (unpaired) electrons. The van der Waals surface area contributed by atoms with E-state index in [4.69, 9.17) is 14.2 Å². The number of allylic oxidation sites excluding steroid dienone is 1. The molecule has 3 amide bonds. The van der Waals surface area contributed by atoms with Crippen LogP contribution < -0.4 is 20.3 Å². The van der Waals surface area contributed by atoms with E-state index in [2.05, 4.69) is 133 Å². The lowest BCUT2D eigenvalue weighted by molar-refractivity contribution is 0.0760. The van der Waals surface area contributed by atoms with Crippen molar-refractivity contribution in [3.63, 3.8) is 0 Å². The van der Waals surface area contributed by atoms with E-state index in [0.717, 1.165) is 110 Å². The molecule has 0 aromatic heterocycles. The standard InChI is InChI=1S/C64H65N5O6/c1-5-67(6-2)41-29-31-53-59(37-41)75-60-38-42(68(7-3)8-4)30-32-54(60)61(53)51-27-17-18-28-52(51)62(70)69-35-33-57(65-63(71)73-39-55-47-23-13-9-19-43(47)44-20-10-14-24-48(44)55)58(34-36-69)66-64(72)74-40-56-49-25-15-11-21-45(49)46-22-12-16-26-50(46)56/h9-32,37-38,41,55-58H,5-8,33-36,39-40H2,1-4H3,(H,65,71)(H,66,72)/t41?,57-,58-/m0/s1. The molecule has 2 heterocycles. The lowest BCUT2D eigenvalue weighted by Gasteiger charge is -2.33. The molecular weight excluding hydrogens is 935 g/mol. The molecule has 11 rings (SSSR count). The number of hydrogen-bond donors (Lipinski definition) is 2. The van der Waals surface area contributed by atoms with E-state index in [1.54, 1.807) is 0 Å². The van der Waals surface area contributed by atoms with Gasteiger partial charge in [-0.25, -0.2) is 9.59 Å². The summed E-state index contributed by atoms with van der Waals surface area (Å²) in [6.07, 6.45) is 6.10. The number of carbonyl (C=O) groups excluding carboxylic acids is 3. The maximum absolute atomic E-state index is 15.3. The quantitative estimate of drug-likeness (QED) is 0.111. The van der Waals surface area contributed by atoms with Crippen LogP contribution in [-0.2, 0) is 9.47 Å². The predicted molar refractivity (Wildman–Crippen MR) is 296 cm³/mol. The number of carbonyl (C=O) groups is 3. The number of ether oxygens (including phenoxy) is 3. The van der Waals surface area contributed by atoms with Gasteiger partial charge in [0.05, 0.1) is 18.1 Å². The average molecular weight is 1000 g/mol. The van der Waals surface area contributed by atoms with Crippen LogP contribution in [0.1, 0.15) is 96.1 Å². The second-order valence-electron chi connectivity index (χ2n) is 19.9. The molecule has 11 heteroatoms. The fourth-order valence-corrected chi connectivity index (χ4v) is 12.2. The normalized spacial score (nSPS) is 18.3. The number of anilines is 1. The minimum absolute atomic E-state index is 0.0615. The molecule has 5 aliphatic rings. The average Bonchev–Trinajstić information content (AvgIpc) is 3.86. The van der Waals surface area contributed by atoms with Crippen LogP contribution in [0.4, 0.5) is 15.3 Å². The Kier molecular flexibility index (Phi) is 14.2. The van der Waals surface area contributed by atoms with Gasteiger partial charge in [0.25, 0.3) is 5.91 Å². The molecule has 3 aliphatic carbocycles. The fourth-order valence-electron chi connectivity index (χ4n) is 12.2. The fraction of sp³-hybridized carbons (Fsp3) is 0.297. The zero-order chi connectivity index (χ0) is 51.6. The smallest absolute Gasteiger partial charge is 0.407 e. The summed E-state index contributed by atoms with van der Waals surface area (Å²) in [5, 5.41) is 6.29. The van der Waals surface area contributed by atoms with Gasteiger partial charge in [-0.15, -0.1) is 0 Å². The summed E-state index contributed by atoms with van der Waals surface area (Å²) in [6, 6.07) is 46.1. The first kappa shape index (κ1) is 49.3. The van der Waals surface area contributed by atoms with Gasteiger partial charge >= 0.3 is 12.2 Å². The highest BCUT2D eigenvalue weighted by Gasteiger charge is 2.37. The Balaban J connectivity index is 0.867. The number of rotatable bonds is 14. The molecule has 0 spiro atoms. The summed E-state index contributed by atoms with van der Waals surface area (Å²) in [7, 11) is 0. The Morgan fingerprint density at radius 3 is 1.56 bits per heavy atom. The van der Waals surface area contributed by atoms with Crippen LogP contribution in [0.15, 0.2) is 169 Å². The van der Waals surface area contributed by atoms with Gasteiger partial charge in [0.15, 0.2) is 0 Å². The summed E-state index contributed by atoms with van der Waals surface area (Å²) >= 11 is 0. The topological polar surface area (TPSA) is 113 Å². The van der Waals surface area contributed by atoms with E-state index in [1.165, 1.54) is 0 Å². The molecule has 2 N–H and O–H groups in total. The Morgan fingerprint density at radius 1 is 0.587 bits per heavy atom. The third kappa shape index (κ3) is 9.50. The lowest BCUT2D eigenvalue weighted by atomic mass is 9.84. The third-order valence-corrected chi connectivity index (χ3v) is 16.0. The Morgan fingerprint density at radius 2 is 1.07 bits per heavy atom. The molecule has 6 aromatic carbocycles. The Bertz CT molecular complexity index is 3030. The number of nitrogens with one attached hydrogen (secondary N) is 2. The van der Waals surface area contributed by atoms with Crippen molar-refractivity contribution in [2.45, 2.75) is 70.5 Å². The molecule has 0 bridgehead atoms. The summed E-state index contributed by atoms with van der Waals surface area (Å²) in [5.74, 6) is 1.14. The van der Waals surface area contributed by atoms with Crippen LogP contribution in [-0.4, -0.2) is 98.5 Å². The van der Waals surface area contributed by atoms with Crippen molar-refractivity contribution in [3.05, 3.63) is 208 Å². The van der Waals surface area contributed by atoms with Gasteiger partial charge in [-0.3, -0.25) is 9.69 Å². The molecule has 1 saturated heterocycles. The van der Waals surface area contributed by atoms with Crippen molar-refractivity contribution in [3.8, 4) is 28.0 Å². The SMILES string of the molecule is CCN(CC)c1ccc2c(c1)OC1=CC(N(CC)CC)C=CC1=C2c1ccccc1C(=O)N1CC[C@H](NC(=O)OCC2c3ccccc3-c3ccccc32)[C@@H](NC(=O)OCC2c3ccccc3-c3ccccc32)CC1. The molecular formula is C64H65N5O6. The van der Waals surface area contributed by atoms with Gasteiger partial charge in [-0.2, -0.15) is 0 Å². The number of hydrogen-bond acceptors (Lipinski definition) is 8. The zero-order valence-corrected chi connectivity index (χ0v) is 43.3. The first-order chi connectivity index (χ1) is 36.8. The molecule has 2 aliphatic heterocycles. The van der Waals surface area contributed by atoms with Crippen LogP contribution in [0, 0.1) is 0 Å². The van der Waals surface area contributed by atoms with Crippen LogP contribution >= 0.6 is 0 Å². The third-order valence-electron chi connectivity index (χ3n) is 16.0. The number of nitrogens with zero attached hydrogens (tertiary/aromatic N) is 3. The summed E-state index contributed by atoms with van der Waals surface area (Å²) < 4.78 is 19.0. The van der Waals surface area contributed by atoms with E-state index >= 15 is 4.79 Å². The van der Waals surface area contributed by atoms with Crippen molar-refractivity contribution in [2.75, 3.05) is 57.4 Å². The number of likely N-dealkylation sites (tertiary alicyclic amines) is 1. The molecule has 11 nitrogen and oxygen atoms in total. The van der Waals surface area contributed by atoms with Crippen molar-refractivity contribution >= 4 is 29.4 Å². The Labute approximate surface area is 440 Å². The van der Waals surface area contributed by atoms with E-state index in [-0.39, 0.29) is 37.0 Å². The maximum Gasteiger partial charge on any atom is 0.407 e. The maximum atomic E-state index is 15.3. The minimum Gasteiger partial charge on any atom is -0.456 e. The molecule has 0 saturated carbocycles. The highest BCUT2D eigenvalue weighted by Crippen LogP contribution is 2.48. The van der Waals surface area contributed by atoms with Crippen molar-refractivity contribution in [1.82, 2.24) is 20.4 Å². The minimum atomic E-state index is -0.588. The van der Waals surface area contributed by atoms with Crippen molar-refractivity contribution < 1.29 is 28.6 Å². The first-order valence-electron chi connectivity index (χ1n) is 26.8. The highest BCUT2D eigenvalue weighted by molar-refractivity contribution is 6.03. The molecule has 1 fully saturated rings. The largest absolute Gasteiger partial charge is 0.456 e. The number of benzene rings is 6. The molecule has 1 unspecified atom stereocenters. The van der Waals surface area contributed by atoms with Gasteiger partial charge in [-0.1, -0.05) is 141 Å². The van der Waals surface area contributed by atoms with Crippen molar-refractivity contribution in [2.24, 2.45) is 0 Å². The van der Waals surface area contributed by atoms with Crippen LogP contribution in [0.2, 0.25) is 0 Å². The number of fused-ring (bicyclic) bond motifs is 8. The number of amides is 3. The Hall–Kier alpha value is -7.89. The van der Waals surface area contributed by atoms with Gasteiger partial charge in [0.2, 0.25) is 0 Å². The number of likely N-dealkylation sites (N-methyl/N-ethyl adjacent to an activating group) is 1. The molecule has 3 atom stereocenters. The molecule has 75 heavy (non-hydrogen) atoms. The van der Waals surface area contributed by atoms with Gasteiger partial charge in [-0.05, 0) is 114 Å². The molecule has 6 aromatic rings. The summed E-state index contributed by atoms with van der Waals surface area (Å²) in [5.41, 5.74) is 14.3. The second kappa shape index (κ2) is 21.5. The van der Waals surface area contributed by atoms with Crippen LogP contribution in [0.5, 0.6) is 5.75 Å². The monoisotopic (exact) mass is 999 g/mol. The summed E-state index contributed by atoms with van der Waals surface area (Å²) in [4.78, 5) is 49.9. The van der Waals surface area contributed by atoms with E-state index in [0.29, 0.717) is 31.5 Å². The van der Waals surface area contributed by atoms with E-state index in [1.807, 2.05) is 77.7 Å². The van der Waals surface area contributed by atoms with Crippen LogP contribution in [0.3, 0.4) is 0 Å². The van der Waals surface area contributed by atoms with Gasteiger partial charge < -0.3 is 34.6 Å². The van der Waals surface area contributed by atoms with E-state index in [9.17, 15) is 9.59 Å². The predicted octanol–water partition coefficient (Wildman–Crippen LogP) is 11.9. The molecule has 382 valence electrons. The zero-order valence-electron chi connectivity index (χ0n) is 43.3. The highest BCUT2D eigenvalue weighted by atomic mass is 16.6. The first-order valence-corrected chi connectivity index (χ1v) is 26.8. The second-order valence-corrected chi connectivity index (χ2v) is 19.9.